The molecule has 2 rings (SSSR count). The van der Waals surface area contributed by atoms with Crippen LogP contribution in [0.15, 0.2) is 48.5 Å². The second-order valence-electron chi connectivity index (χ2n) is 5.10. The van der Waals surface area contributed by atoms with Crippen LogP contribution in [-0.2, 0) is 5.54 Å². The second kappa shape index (κ2) is 6.06. The molecule has 106 valence electrons. The van der Waals surface area contributed by atoms with Gasteiger partial charge in [-0.15, -0.1) is 0 Å². The van der Waals surface area contributed by atoms with Gasteiger partial charge in [-0.05, 0) is 37.1 Å². The number of aliphatic hydroxyl groups excluding tert-OH is 1. The van der Waals surface area contributed by atoms with Crippen LogP contribution in [0.2, 0.25) is 0 Å². The monoisotopic (exact) mass is 273 g/mol. The van der Waals surface area contributed by atoms with Gasteiger partial charge < -0.3 is 10.4 Å². The molecule has 0 aliphatic carbocycles. The molecule has 2 N–H and O–H groups in total. The smallest absolute Gasteiger partial charge is 0.125 e. The van der Waals surface area contributed by atoms with Crippen LogP contribution in [0.4, 0.5) is 10.1 Å². The molecule has 2 aromatic carbocycles. The molecular formula is C17H20FNO. The van der Waals surface area contributed by atoms with Crippen LogP contribution in [-0.4, -0.2) is 11.7 Å². The highest BCUT2D eigenvalue weighted by Crippen LogP contribution is 2.30. The molecular weight excluding hydrogens is 253 g/mol. The van der Waals surface area contributed by atoms with Crippen molar-refractivity contribution < 1.29 is 9.50 Å². The van der Waals surface area contributed by atoms with Crippen LogP contribution < -0.4 is 5.32 Å². The lowest BCUT2D eigenvalue weighted by Gasteiger charge is -2.34. The zero-order valence-electron chi connectivity index (χ0n) is 11.9. The highest BCUT2D eigenvalue weighted by atomic mass is 19.1. The fourth-order valence-electron chi connectivity index (χ4n) is 2.32. The van der Waals surface area contributed by atoms with Gasteiger partial charge in [0.2, 0.25) is 0 Å². The fourth-order valence-corrected chi connectivity index (χ4v) is 2.32. The van der Waals surface area contributed by atoms with Crippen LogP contribution in [0, 0.1) is 12.7 Å². The number of aryl methyl sites for hydroxylation is 1. The first-order valence-corrected chi connectivity index (χ1v) is 6.81. The predicted molar refractivity (Wildman–Crippen MR) is 80.3 cm³/mol. The molecule has 0 spiro atoms. The van der Waals surface area contributed by atoms with Gasteiger partial charge in [-0.1, -0.05) is 42.8 Å². The third kappa shape index (κ3) is 2.99. The Morgan fingerprint density at radius 1 is 1.15 bits per heavy atom. The molecule has 0 heterocycles. The molecule has 0 saturated heterocycles. The summed E-state index contributed by atoms with van der Waals surface area (Å²) < 4.78 is 13.3. The molecule has 0 aromatic heterocycles. The molecule has 0 aliphatic rings. The van der Waals surface area contributed by atoms with E-state index in [2.05, 4.69) is 5.32 Å². The lowest BCUT2D eigenvalue weighted by atomic mass is 9.87. The highest BCUT2D eigenvalue weighted by molar-refractivity contribution is 5.48. The molecule has 1 unspecified atom stereocenters. The van der Waals surface area contributed by atoms with E-state index in [0.717, 1.165) is 5.56 Å². The van der Waals surface area contributed by atoms with Gasteiger partial charge in [0, 0.05) is 5.69 Å². The topological polar surface area (TPSA) is 32.3 Å². The van der Waals surface area contributed by atoms with E-state index in [4.69, 9.17) is 0 Å². The second-order valence-corrected chi connectivity index (χ2v) is 5.10. The van der Waals surface area contributed by atoms with Gasteiger partial charge >= 0.3 is 0 Å². The maximum Gasteiger partial charge on any atom is 0.125 e. The molecule has 0 radical (unpaired) electrons. The summed E-state index contributed by atoms with van der Waals surface area (Å²) >= 11 is 0. The van der Waals surface area contributed by atoms with Crippen molar-refractivity contribution in [3.8, 4) is 0 Å². The largest absolute Gasteiger partial charge is 0.394 e. The van der Waals surface area contributed by atoms with E-state index in [0.29, 0.717) is 12.1 Å². The van der Waals surface area contributed by atoms with Crippen molar-refractivity contribution in [1.29, 1.82) is 0 Å². The van der Waals surface area contributed by atoms with E-state index in [-0.39, 0.29) is 12.4 Å². The van der Waals surface area contributed by atoms with Gasteiger partial charge in [0.25, 0.3) is 0 Å². The molecule has 2 nitrogen and oxygen atoms in total. The lowest BCUT2D eigenvalue weighted by molar-refractivity contribution is 0.207. The number of hydrogen-bond donors (Lipinski definition) is 2. The maximum absolute atomic E-state index is 13.3. The Hall–Kier alpha value is -1.87. The number of nitrogens with one attached hydrogen (secondary N) is 1. The van der Waals surface area contributed by atoms with E-state index in [1.165, 1.54) is 17.7 Å². The summed E-state index contributed by atoms with van der Waals surface area (Å²) in [5.41, 5.74) is 2.24. The summed E-state index contributed by atoms with van der Waals surface area (Å²) in [6, 6.07) is 14.3. The van der Waals surface area contributed by atoms with E-state index in [9.17, 15) is 9.50 Å². The number of hydrogen-bond acceptors (Lipinski definition) is 2. The fraction of sp³-hybridized carbons (Fsp3) is 0.294. The Morgan fingerprint density at radius 2 is 1.85 bits per heavy atom. The quantitative estimate of drug-likeness (QED) is 0.867. The van der Waals surface area contributed by atoms with Gasteiger partial charge in [-0.2, -0.15) is 0 Å². The minimum Gasteiger partial charge on any atom is -0.394 e. The standard InChI is InChI=1S/C17H20FNO/c1-3-17(12-20,14-9-7-13(2)8-10-14)19-16-6-4-5-15(18)11-16/h4-11,19-20H,3,12H2,1-2H3. The molecule has 3 heteroatoms. The summed E-state index contributed by atoms with van der Waals surface area (Å²) in [6.45, 7) is 3.97. The van der Waals surface area contributed by atoms with E-state index in [1.807, 2.05) is 38.1 Å². The van der Waals surface area contributed by atoms with Gasteiger partial charge in [0.15, 0.2) is 0 Å². The Labute approximate surface area is 119 Å². The third-order valence-corrected chi connectivity index (χ3v) is 3.69. The molecule has 1 atom stereocenters. The molecule has 0 saturated carbocycles. The van der Waals surface area contributed by atoms with Crippen molar-refractivity contribution >= 4 is 5.69 Å². The summed E-state index contributed by atoms with van der Waals surface area (Å²) in [6.07, 6.45) is 0.697. The van der Waals surface area contributed by atoms with Gasteiger partial charge in [-0.3, -0.25) is 0 Å². The third-order valence-electron chi connectivity index (χ3n) is 3.69. The van der Waals surface area contributed by atoms with Crippen molar-refractivity contribution in [1.82, 2.24) is 0 Å². The SMILES string of the molecule is CCC(CO)(Nc1cccc(F)c1)c1ccc(C)cc1. The van der Waals surface area contributed by atoms with Crippen LogP contribution >= 0.6 is 0 Å². The molecule has 0 aliphatic heterocycles. The van der Waals surface area contributed by atoms with Crippen LogP contribution in [0.5, 0.6) is 0 Å². The van der Waals surface area contributed by atoms with Crippen LogP contribution in [0.25, 0.3) is 0 Å². The lowest BCUT2D eigenvalue weighted by Crippen LogP contribution is -2.38. The normalized spacial score (nSPS) is 13.8. The minimum absolute atomic E-state index is 0.0525. The molecule has 2 aromatic rings. The maximum atomic E-state index is 13.3. The first-order valence-electron chi connectivity index (χ1n) is 6.81. The first kappa shape index (κ1) is 14.5. The average Bonchev–Trinajstić information content (AvgIpc) is 2.46. The van der Waals surface area contributed by atoms with Crippen molar-refractivity contribution in [3.63, 3.8) is 0 Å². The zero-order chi connectivity index (χ0) is 14.6. The van der Waals surface area contributed by atoms with Crippen molar-refractivity contribution in [3.05, 3.63) is 65.5 Å². The number of rotatable bonds is 5. The number of benzene rings is 2. The van der Waals surface area contributed by atoms with Crippen molar-refractivity contribution in [2.75, 3.05) is 11.9 Å². The van der Waals surface area contributed by atoms with E-state index in [1.54, 1.807) is 12.1 Å². The number of aliphatic hydroxyl groups is 1. The average molecular weight is 273 g/mol. The first-order chi connectivity index (χ1) is 9.59. The predicted octanol–water partition coefficient (Wildman–Crippen LogP) is 3.84. The van der Waals surface area contributed by atoms with Crippen molar-refractivity contribution in [2.24, 2.45) is 0 Å². The van der Waals surface area contributed by atoms with Gasteiger partial charge in [0.1, 0.15) is 5.82 Å². The Balaban J connectivity index is 2.36. The molecule has 0 amide bonds. The summed E-state index contributed by atoms with van der Waals surface area (Å²) in [7, 11) is 0. The Bertz CT molecular complexity index is 561. The number of halogens is 1. The summed E-state index contributed by atoms with van der Waals surface area (Å²) in [4.78, 5) is 0. The van der Waals surface area contributed by atoms with Crippen LogP contribution in [0.1, 0.15) is 24.5 Å². The Kier molecular flexibility index (Phi) is 4.40. The van der Waals surface area contributed by atoms with Crippen LogP contribution in [0.3, 0.4) is 0 Å². The number of anilines is 1. The van der Waals surface area contributed by atoms with Gasteiger partial charge in [0.05, 0.1) is 12.1 Å². The molecule has 0 fully saturated rings. The summed E-state index contributed by atoms with van der Waals surface area (Å²) in [5, 5.41) is 13.2. The van der Waals surface area contributed by atoms with E-state index < -0.39 is 5.54 Å². The van der Waals surface area contributed by atoms with Gasteiger partial charge in [-0.25, -0.2) is 4.39 Å². The zero-order valence-corrected chi connectivity index (χ0v) is 11.9. The highest BCUT2D eigenvalue weighted by Gasteiger charge is 2.29. The van der Waals surface area contributed by atoms with Crippen molar-refractivity contribution in [2.45, 2.75) is 25.8 Å². The molecule has 0 bridgehead atoms. The minimum atomic E-state index is -0.596. The molecule has 20 heavy (non-hydrogen) atoms. The summed E-state index contributed by atoms with van der Waals surface area (Å²) in [5.74, 6) is -0.290. The van der Waals surface area contributed by atoms with E-state index >= 15 is 0 Å². The Morgan fingerprint density at radius 3 is 2.40 bits per heavy atom.